The molecule has 2 N–H and O–H groups in total. The third kappa shape index (κ3) is 2.77. The van der Waals surface area contributed by atoms with E-state index in [2.05, 4.69) is 20.9 Å². The molecule has 0 bridgehead atoms. The second-order valence-corrected chi connectivity index (χ2v) is 4.83. The molecule has 1 saturated heterocycles. The lowest BCUT2D eigenvalue weighted by Crippen LogP contribution is -2.27. The van der Waals surface area contributed by atoms with Gasteiger partial charge in [0.25, 0.3) is 0 Å². The molecule has 0 spiro atoms. The summed E-state index contributed by atoms with van der Waals surface area (Å²) in [4.78, 5) is 4.14. The molecule has 2 rings (SSSR count). The Morgan fingerprint density at radius 3 is 2.80 bits per heavy atom. The molecule has 4 heteroatoms. The van der Waals surface area contributed by atoms with Crippen molar-refractivity contribution in [3.63, 3.8) is 0 Å². The maximum atomic E-state index is 6.22. The van der Waals surface area contributed by atoms with Crippen molar-refractivity contribution in [2.45, 2.75) is 18.9 Å². The van der Waals surface area contributed by atoms with Crippen molar-refractivity contribution >= 4 is 15.9 Å². The van der Waals surface area contributed by atoms with Gasteiger partial charge in [-0.3, -0.25) is 4.98 Å². The van der Waals surface area contributed by atoms with Crippen LogP contribution in [0.25, 0.3) is 0 Å². The van der Waals surface area contributed by atoms with Gasteiger partial charge in [0, 0.05) is 36.1 Å². The Kier molecular flexibility index (Phi) is 3.72. The average molecular weight is 271 g/mol. The van der Waals surface area contributed by atoms with Crippen molar-refractivity contribution < 1.29 is 4.74 Å². The number of rotatable bonds is 2. The van der Waals surface area contributed by atoms with Crippen molar-refractivity contribution in [1.82, 2.24) is 4.98 Å². The average Bonchev–Trinajstić information content (AvgIpc) is 2.29. The molecule has 1 aliphatic heterocycles. The van der Waals surface area contributed by atoms with Crippen LogP contribution in [0.1, 0.15) is 24.4 Å². The number of ether oxygens (including phenoxy) is 1. The summed E-state index contributed by atoms with van der Waals surface area (Å²) in [5.41, 5.74) is 7.33. The Bertz CT molecular complexity index is 326. The zero-order valence-corrected chi connectivity index (χ0v) is 10.1. The van der Waals surface area contributed by atoms with Crippen LogP contribution in [-0.2, 0) is 4.74 Å². The van der Waals surface area contributed by atoms with Gasteiger partial charge in [0.15, 0.2) is 0 Å². The summed E-state index contributed by atoms with van der Waals surface area (Å²) >= 11 is 3.41. The van der Waals surface area contributed by atoms with Gasteiger partial charge in [-0.2, -0.15) is 0 Å². The topological polar surface area (TPSA) is 48.1 Å². The molecule has 82 valence electrons. The van der Waals surface area contributed by atoms with Gasteiger partial charge in [0.1, 0.15) is 0 Å². The standard InChI is InChI=1S/C11H15BrN2O/c12-10-5-9(6-14-7-10)11(13)8-1-3-15-4-2-8/h5-8,11H,1-4,13H2/t11-/m1/s1. The highest BCUT2D eigenvalue weighted by molar-refractivity contribution is 9.10. The van der Waals surface area contributed by atoms with Crippen molar-refractivity contribution in [3.05, 3.63) is 28.5 Å². The van der Waals surface area contributed by atoms with E-state index in [0.717, 1.165) is 36.1 Å². The monoisotopic (exact) mass is 270 g/mol. The van der Waals surface area contributed by atoms with Crippen molar-refractivity contribution in [2.24, 2.45) is 11.7 Å². The molecule has 1 aromatic rings. The molecule has 1 atom stereocenters. The maximum absolute atomic E-state index is 6.22. The van der Waals surface area contributed by atoms with Crippen molar-refractivity contribution in [1.29, 1.82) is 0 Å². The van der Waals surface area contributed by atoms with E-state index in [4.69, 9.17) is 10.5 Å². The van der Waals surface area contributed by atoms with Gasteiger partial charge in [0.2, 0.25) is 0 Å². The minimum atomic E-state index is 0.0823. The Labute approximate surface area is 98.2 Å². The minimum absolute atomic E-state index is 0.0823. The zero-order valence-electron chi connectivity index (χ0n) is 8.53. The highest BCUT2D eigenvalue weighted by atomic mass is 79.9. The Hall–Kier alpha value is -0.450. The fourth-order valence-electron chi connectivity index (χ4n) is 1.96. The fourth-order valence-corrected chi connectivity index (χ4v) is 2.34. The fraction of sp³-hybridized carbons (Fsp3) is 0.545. The molecule has 0 aromatic carbocycles. The Morgan fingerprint density at radius 2 is 2.13 bits per heavy atom. The van der Waals surface area contributed by atoms with Crippen LogP contribution in [0.2, 0.25) is 0 Å². The predicted molar refractivity (Wildman–Crippen MR) is 62.4 cm³/mol. The second-order valence-electron chi connectivity index (χ2n) is 3.91. The van der Waals surface area contributed by atoms with Crippen LogP contribution in [0, 0.1) is 5.92 Å². The van der Waals surface area contributed by atoms with Crippen molar-refractivity contribution in [3.8, 4) is 0 Å². The van der Waals surface area contributed by atoms with Gasteiger partial charge in [0.05, 0.1) is 0 Å². The SMILES string of the molecule is N[C@@H](c1cncc(Br)c1)C1CCOCC1. The van der Waals surface area contributed by atoms with Crippen LogP contribution in [0.3, 0.4) is 0 Å². The largest absolute Gasteiger partial charge is 0.381 e. The number of aromatic nitrogens is 1. The molecule has 3 nitrogen and oxygen atoms in total. The number of hydrogen-bond acceptors (Lipinski definition) is 3. The third-order valence-corrected chi connectivity index (χ3v) is 3.32. The van der Waals surface area contributed by atoms with E-state index < -0.39 is 0 Å². The third-order valence-electron chi connectivity index (χ3n) is 2.88. The predicted octanol–water partition coefficient (Wildman–Crippen LogP) is 2.27. The van der Waals surface area contributed by atoms with Gasteiger partial charge >= 0.3 is 0 Å². The lowest BCUT2D eigenvalue weighted by molar-refractivity contribution is 0.0583. The minimum Gasteiger partial charge on any atom is -0.381 e. The molecule has 1 aromatic heterocycles. The maximum Gasteiger partial charge on any atom is 0.0469 e. The van der Waals surface area contributed by atoms with E-state index in [9.17, 15) is 0 Å². The smallest absolute Gasteiger partial charge is 0.0469 e. The van der Waals surface area contributed by atoms with Crippen molar-refractivity contribution in [2.75, 3.05) is 13.2 Å². The molecule has 0 amide bonds. The van der Waals surface area contributed by atoms with Crippen LogP contribution in [0.4, 0.5) is 0 Å². The van der Waals surface area contributed by atoms with Gasteiger partial charge < -0.3 is 10.5 Å². The van der Waals surface area contributed by atoms with E-state index in [0.29, 0.717) is 5.92 Å². The number of nitrogens with zero attached hydrogens (tertiary/aromatic N) is 1. The Morgan fingerprint density at radius 1 is 1.40 bits per heavy atom. The first kappa shape index (κ1) is 11.0. The van der Waals surface area contributed by atoms with Gasteiger partial charge in [-0.25, -0.2) is 0 Å². The molecular weight excluding hydrogens is 256 g/mol. The first-order chi connectivity index (χ1) is 7.27. The first-order valence-electron chi connectivity index (χ1n) is 5.21. The molecule has 0 aliphatic carbocycles. The van der Waals surface area contributed by atoms with Gasteiger partial charge in [-0.05, 0) is 46.3 Å². The van der Waals surface area contributed by atoms with E-state index in [1.807, 2.05) is 12.3 Å². The van der Waals surface area contributed by atoms with E-state index in [1.54, 1.807) is 6.20 Å². The molecule has 1 fully saturated rings. The molecule has 15 heavy (non-hydrogen) atoms. The van der Waals surface area contributed by atoms with Crippen LogP contribution < -0.4 is 5.73 Å². The molecule has 2 heterocycles. The zero-order chi connectivity index (χ0) is 10.7. The normalized spacial score (nSPS) is 20.1. The summed E-state index contributed by atoms with van der Waals surface area (Å²) < 4.78 is 6.32. The number of nitrogens with two attached hydrogens (primary N) is 1. The quantitative estimate of drug-likeness (QED) is 0.897. The summed E-state index contributed by atoms with van der Waals surface area (Å²) in [7, 11) is 0. The van der Waals surface area contributed by atoms with Gasteiger partial charge in [-0.1, -0.05) is 0 Å². The summed E-state index contributed by atoms with van der Waals surface area (Å²) in [5.74, 6) is 0.523. The van der Waals surface area contributed by atoms with Crippen LogP contribution in [-0.4, -0.2) is 18.2 Å². The first-order valence-corrected chi connectivity index (χ1v) is 6.00. The van der Waals surface area contributed by atoms with E-state index in [1.165, 1.54) is 0 Å². The second kappa shape index (κ2) is 5.05. The lowest BCUT2D eigenvalue weighted by atomic mass is 9.88. The lowest BCUT2D eigenvalue weighted by Gasteiger charge is -2.27. The number of hydrogen-bond donors (Lipinski definition) is 1. The summed E-state index contributed by atoms with van der Waals surface area (Å²) in [6.07, 6.45) is 5.73. The Balaban J connectivity index is 2.08. The van der Waals surface area contributed by atoms with Crippen LogP contribution in [0.15, 0.2) is 22.9 Å². The summed E-state index contributed by atoms with van der Waals surface area (Å²) in [6.45, 7) is 1.67. The number of pyridine rings is 1. The molecule has 0 unspecified atom stereocenters. The van der Waals surface area contributed by atoms with E-state index in [-0.39, 0.29) is 6.04 Å². The number of halogens is 1. The highest BCUT2D eigenvalue weighted by Crippen LogP contribution is 2.28. The van der Waals surface area contributed by atoms with Gasteiger partial charge in [-0.15, -0.1) is 0 Å². The molecule has 0 radical (unpaired) electrons. The molecule has 0 saturated carbocycles. The highest BCUT2D eigenvalue weighted by Gasteiger charge is 2.22. The summed E-state index contributed by atoms with van der Waals surface area (Å²) in [5, 5.41) is 0. The summed E-state index contributed by atoms with van der Waals surface area (Å²) in [6, 6.07) is 2.13. The van der Waals surface area contributed by atoms with E-state index >= 15 is 0 Å². The molecular formula is C11H15BrN2O. The van der Waals surface area contributed by atoms with Crippen LogP contribution >= 0.6 is 15.9 Å². The van der Waals surface area contributed by atoms with Crippen LogP contribution in [0.5, 0.6) is 0 Å². The molecule has 1 aliphatic rings.